The Morgan fingerprint density at radius 1 is 1.69 bits per heavy atom. The fourth-order valence-electron chi connectivity index (χ4n) is 1.46. The van der Waals surface area contributed by atoms with Crippen molar-refractivity contribution in [2.75, 3.05) is 0 Å². The summed E-state index contributed by atoms with van der Waals surface area (Å²) in [6.07, 6.45) is 5.17. The van der Waals surface area contributed by atoms with Crippen molar-refractivity contribution in [1.29, 1.82) is 0 Å². The number of furan rings is 1. The van der Waals surface area contributed by atoms with Crippen LogP contribution >= 0.6 is 0 Å². The van der Waals surface area contributed by atoms with Crippen LogP contribution in [0.2, 0.25) is 0 Å². The summed E-state index contributed by atoms with van der Waals surface area (Å²) in [5.74, 6) is 0.649. The minimum Gasteiger partial charge on any atom is -0.469 e. The number of carbonyl (C=O) groups is 1. The zero-order valence-corrected chi connectivity index (χ0v) is 9.61. The second-order valence-corrected chi connectivity index (χ2v) is 4.10. The Morgan fingerprint density at radius 3 is 3.00 bits per heavy atom. The van der Waals surface area contributed by atoms with Crippen molar-refractivity contribution in [3.63, 3.8) is 0 Å². The lowest BCUT2D eigenvalue weighted by atomic mass is 9.91. The minimum atomic E-state index is -1.27. The van der Waals surface area contributed by atoms with E-state index in [0.717, 1.165) is 5.76 Å². The number of aryl methyl sites for hydroxylation is 1. The Balaban J connectivity index is 2.44. The van der Waals surface area contributed by atoms with Crippen molar-refractivity contribution in [3.8, 4) is 0 Å². The van der Waals surface area contributed by atoms with Gasteiger partial charge in [-0.3, -0.25) is 4.79 Å². The maximum atomic E-state index is 11.7. The van der Waals surface area contributed by atoms with Crippen LogP contribution in [0.25, 0.3) is 0 Å². The molecular weight excluding hydrogens is 204 g/mol. The van der Waals surface area contributed by atoms with Gasteiger partial charge in [0.05, 0.1) is 6.26 Å². The van der Waals surface area contributed by atoms with Crippen LogP contribution in [-0.4, -0.2) is 16.5 Å². The van der Waals surface area contributed by atoms with Gasteiger partial charge in [0.2, 0.25) is 0 Å². The Morgan fingerprint density at radius 2 is 2.44 bits per heavy atom. The number of ketones is 1. The molecule has 0 amide bonds. The van der Waals surface area contributed by atoms with Crippen LogP contribution < -0.4 is 0 Å². The fraction of sp³-hybridized carbons (Fsp3) is 0.462. The van der Waals surface area contributed by atoms with Crippen LogP contribution in [-0.2, 0) is 11.2 Å². The van der Waals surface area contributed by atoms with Gasteiger partial charge in [-0.15, -0.1) is 6.58 Å². The molecule has 0 bridgehead atoms. The molecule has 1 aromatic heterocycles. The van der Waals surface area contributed by atoms with Gasteiger partial charge in [-0.1, -0.05) is 6.08 Å². The summed E-state index contributed by atoms with van der Waals surface area (Å²) in [5.41, 5.74) is -1.27. The van der Waals surface area contributed by atoms with E-state index in [2.05, 4.69) is 6.58 Å². The van der Waals surface area contributed by atoms with Gasteiger partial charge in [0, 0.05) is 12.8 Å². The SMILES string of the molecule is C=CCCC(=O)[C@@](C)(O)CCc1ccco1. The molecule has 1 N–H and O–H groups in total. The second-order valence-electron chi connectivity index (χ2n) is 4.10. The number of hydrogen-bond donors (Lipinski definition) is 1. The third-order valence-electron chi connectivity index (χ3n) is 2.61. The van der Waals surface area contributed by atoms with Crippen LogP contribution in [0.1, 0.15) is 31.9 Å². The van der Waals surface area contributed by atoms with E-state index < -0.39 is 5.60 Å². The number of aliphatic hydroxyl groups is 1. The van der Waals surface area contributed by atoms with Crippen molar-refractivity contribution in [2.45, 2.75) is 38.2 Å². The first-order valence-corrected chi connectivity index (χ1v) is 5.45. The number of Topliss-reactive ketones (excluding diaryl/α,β-unsaturated/α-hetero) is 1. The maximum absolute atomic E-state index is 11.7. The lowest BCUT2D eigenvalue weighted by Crippen LogP contribution is -2.35. The zero-order chi connectivity index (χ0) is 12.0. The van der Waals surface area contributed by atoms with Gasteiger partial charge in [0.15, 0.2) is 5.78 Å². The maximum Gasteiger partial charge on any atom is 0.164 e. The fourth-order valence-corrected chi connectivity index (χ4v) is 1.46. The highest BCUT2D eigenvalue weighted by atomic mass is 16.3. The zero-order valence-electron chi connectivity index (χ0n) is 9.61. The van der Waals surface area contributed by atoms with E-state index in [1.807, 2.05) is 6.07 Å². The highest BCUT2D eigenvalue weighted by Crippen LogP contribution is 2.17. The van der Waals surface area contributed by atoms with E-state index >= 15 is 0 Å². The molecule has 0 saturated heterocycles. The quantitative estimate of drug-likeness (QED) is 0.721. The van der Waals surface area contributed by atoms with Crippen molar-refractivity contribution in [1.82, 2.24) is 0 Å². The predicted octanol–water partition coefficient (Wildman–Crippen LogP) is 2.50. The minimum absolute atomic E-state index is 0.140. The first-order chi connectivity index (χ1) is 7.56. The summed E-state index contributed by atoms with van der Waals surface area (Å²) in [5, 5.41) is 9.98. The first-order valence-electron chi connectivity index (χ1n) is 5.45. The molecule has 3 heteroatoms. The average molecular weight is 222 g/mol. The molecule has 0 aliphatic rings. The van der Waals surface area contributed by atoms with Crippen molar-refractivity contribution >= 4 is 5.78 Å². The van der Waals surface area contributed by atoms with Crippen LogP contribution in [0.4, 0.5) is 0 Å². The molecule has 1 atom stereocenters. The Bertz CT molecular complexity index is 336. The summed E-state index contributed by atoms with van der Waals surface area (Å²) >= 11 is 0. The van der Waals surface area contributed by atoms with Crippen LogP contribution in [0.5, 0.6) is 0 Å². The molecule has 0 unspecified atom stereocenters. The molecule has 0 spiro atoms. The first kappa shape index (κ1) is 12.7. The molecule has 0 saturated carbocycles. The summed E-state index contributed by atoms with van der Waals surface area (Å²) in [7, 11) is 0. The van der Waals surface area contributed by atoms with E-state index in [-0.39, 0.29) is 5.78 Å². The average Bonchev–Trinajstić information content (AvgIpc) is 2.76. The van der Waals surface area contributed by atoms with Crippen molar-refractivity contribution < 1.29 is 14.3 Å². The Hall–Kier alpha value is -1.35. The molecule has 1 rings (SSSR count). The number of allylic oxidation sites excluding steroid dienone is 1. The van der Waals surface area contributed by atoms with Gasteiger partial charge in [-0.05, 0) is 31.9 Å². The number of rotatable bonds is 7. The van der Waals surface area contributed by atoms with Gasteiger partial charge in [0.25, 0.3) is 0 Å². The van der Waals surface area contributed by atoms with Crippen LogP contribution in [0.3, 0.4) is 0 Å². The van der Waals surface area contributed by atoms with E-state index in [0.29, 0.717) is 25.7 Å². The van der Waals surface area contributed by atoms with Crippen molar-refractivity contribution in [2.24, 2.45) is 0 Å². The van der Waals surface area contributed by atoms with E-state index in [4.69, 9.17) is 4.42 Å². The third kappa shape index (κ3) is 3.66. The molecule has 0 radical (unpaired) electrons. The summed E-state index contributed by atoms with van der Waals surface area (Å²) in [6, 6.07) is 3.63. The topological polar surface area (TPSA) is 50.4 Å². The highest BCUT2D eigenvalue weighted by Gasteiger charge is 2.28. The van der Waals surface area contributed by atoms with Gasteiger partial charge < -0.3 is 9.52 Å². The highest BCUT2D eigenvalue weighted by molar-refractivity contribution is 5.86. The van der Waals surface area contributed by atoms with Crippen LogP contribution in [0, 0.1) is 0 Å². The molecule has 0 fully saturated rings. The van der Waals surface area contributed by atoms with Crippen molar-refractivity contribution in [3.05, 3.63) is 36.8 Å². The molecule has 88 valence electrons. The lowest BCUT2D eigenvalue weighted by molar-refractivity contribution is -0.136. The summed E-state index contributed by atoms with van der Waals surface area (Å²) < 4.78 is 5.15. The smallest absolute Gasteiger partial charge is 0.164 e. The van der Waals surface area contributed by atoms with Gasteiger partial charge >= 0.3 is 0 Å². The second kappa shape index (κ2) is 5.66. The number of carbonyl (C=O) groups excluding carboxylic acids is 1. The summed E-state index contributed by atoms with van der Waals surface area (Å²) in [4.78, 5) is 11.7. The molecule has 1 heterocycles. The molecule has 1 aromatic rings. The molecule has 0 aliphatic heterocycles. The molecular formula is C13H18O3. The van der Waals surface area contributed by atoms with E-state index in [9.17, 15) is 9.90 Å². The lowest BCUT2D eigenvalue weighted by Gasteiger charge is -2.20. The molecule has 3 nitrogen and oxygen atoms in total. The third-order valence-corrected chi connectivity index (χ3v) is 2.61. The van der Waals surface area contributed by atoms with E-state index in [1.54, 1.807) is 25.3 Å². The Kier molecular flexibility index (Phi) is 4.50. The molecule has 16 heavy (non-hydrogen) atoms. The normalized spacial score (nSPS) is 14.4. The van der Waals surface area contributed by atoms with Gasteiger partial charge in [-0.25, -0.2) is 0 Å². The van der Waals surface area contributed by atoms with Gasteiger partial charge in [0.1, 0.15) is 11.4 Å². The molecule has 0 aliphatic carbocycles. The standard InChI is InChI=1S/C13H18O3/c1-3-4-7-12(14)13(2,15)9-8-11-6-5-10-16-11/h3,5-6,10,15H,1,4,7-9H2,2H3/t13-/m0/s1. The van der Waals surface area contributed by atoms with Crippen LogP contribution in [0.15, 0.2) is 35.5 Å². The Labute approximate surface area is 95.8 Å². The predicted molar refractivity (Wildman–Crippen MR) is 62.1 cm³/mol. The van der Waals surface area contributed by atoms with Gasteiger partial charge in [-0.2, -0.15) is 0 Å². The summed E-state index contributed by atoms with van der Waals surface area (Å²) in [6.45, 7) is 5.11. The van der Waals surface area contributed by atoms with E-state index in [1.165, 1.54) is 0 Å². The number of hydrogen-bond acceptors (Lipinski definition) is 3. The molecule has 0 aromatic carbocycles. The largest absolute Gasteiger partial charge is 0.469 e. The monoisotopic (exact) mass is 222 g/mol.